The van der Waals surface area contributed by atoms with E-state index in [1.54, 1.807) is 0 Å². The summed E-state index contributed by atoms with van der Waals surface area (Å²) in [5, 5.41) is 7.61. The summed E-state index contributed by atoms with van der Waals surface area (Å²) in [5.74, 6) is 0. The lowest BCUT2D eigenvalue weighted by molar-refractivity contribution is 0.240. The van der Waals surface area contributed by atoms with Gasteiger partial charge in [0, 0.05) is 19.3 Å². The highest BCUT2D eigenvalue weighted by atomic mass is 15.2. The molecule has 3 nitrogen and oxygen atoms in total. The number of rotatable bonds is 5. The van der Waals surface area contributed by atoms with E-state index in [2.05, 4.69) is 37.4 Å². The van der Waals surface area contributed by atoms with Gasteiger partial charge in [0.15, 0.2) is 0 Å². The second kappa shape index (κ2) is 4.79. The van der Waals surface area contributed by atoms with Crippen molar-refractivity contribution in [3.63, 3.8) is 0 Å². The molecule has 0 aliphatic heterocycles. The molecule has 1 atom stereocenters. The number of hydrogen-bond acceptors (Lipinski definition) is 2. The van der Waals surface area contributed by atoms with E-state index in [9.17, 15) is 0 Å². The monoisotopic (exact) mass is 209 g/mol. The fourth-order valence-electron chi connectivity index (χ4n) is 1.83. The van der Waals surface area contributed by atoms with Gasteiger partial charge in [0.1, 0.15) is 0 Å². The van der Waals surface area contributed by atoms with Crippen molar-refractivity contribution in [1.82, 2.24) is 15.1 Å². The second-order valence-corrected chi connectivity index (χ2v) is 4.91. The summed E-state index contributed by atoms with van der Waals surface area (Å²) >= 11 is 0. The van der Waals surface area contributed by atoms with Crippen molar-refractivity contribution in [3.8, 4) is 0 Å². The van der Waals surface area contributed by atoms with Gasteiger partial charge >= 0.3 is 0 Å². The predicted molar refractivity (Wildman–Crippen MR) is 63.8 cm³/mol. The number of hydrogen-bond donors (Lipinski definition) is 1. The van der Waals surface area contributed by atoms with Gasteiger partial charge in [-0.2, -0.15) is 5.10 Å². The number of likely N-dealkylation sites (N-methyl/N-ethyl adjacent to an activating group) is 1. The van der Waals surface area contributed by atoms with Gasteiger partial charge in [-0.3, -0.25) is 4.68 Å². The summed E-state index contributed by atoms with van der Waals surface area (Å²) in [6.07, 6.45) is 6.27. The normalized spacial score (nSPS) is 14.2. The molecular weight excluding hydrogens is 186 g/mol. The Bertz CT molecular complexity index is 302. The van der Waals surface area contributed by atoms with Crippen molar-refractivity contribution in [2.24, 2.45) is 12.5 Å². The Labute approximate surface area is 92.9 Å². The van der Waals surface area contributed by atoms with Gasteiger partial charge in [0.2, 0.25) is 0 Å². The molecule has 1 aromatic heterocycles. The van der Waals surface area contributed by atoms with E-state index in [1.165, 1.54) is 12.0 Å². The topological polar surface area (TPSA) is 29.9 Å². The molecule has 0 bridgehead atoms. The minimum Gasteiger partial charge on any atom is -0.316 e. The van der Waals surface area contributed by atoms with Crippen LogP contribution in [0.15, 0.2) is 12.4 Å². The Kier molecular flexibility index (Phi) is 3.91. The molecule has 0 amide bonds. The maximum absolute atomic E-state index is 4.20. The zero-order chi connectivity index (χ0) is 11.5. The SMILES string of the molecule is CCC(C)(C)C(Cc1cnn(C)c1)NC. The highest BCUT2D eigenvalue weighted by Gasteiger charge is 2.26. The summed E-state index contributed by atoms with van der Waals surface area (Å²) < 4.78 is 1.86. The average Bonchev–Trinajstić information content (AvgIpc) is 2.60. The molecule has 0 fully saturated rings. The predicted octanol–water partition coefficient (Wildman–Crippen LogP) is 1.99. The molecule has 0 saturated carbocycles. The Morgan fingerprint density at radius 3 is 2.60 bits per heavy atom. The van der Waals surface area contributed by atoms with Gasteiger partial charge in [0.25, 0.3) is 0 Å². The van der Waals surface area contributed by atoms with Crippen LogP contribution in [0.3, 0.4) is 0 Å². The highest BCUT2D eigenvalue weighted by molar-refractivity contribution is 5.07. The molecule has 0 saturated heterocycles. The third-order valence-electron chi connectivity index (χ3n) is 3.40. The number of aromatic nitrogens is 2. The van der Waals surface area contributed by atoms with E-state index in [1.807, 2.05) is 25.0 Å². The quantitative estimate of drug-likeness (QED) is 0.803. The molecule has 15 heavy (non-hydrogen) atoms. The number of aryl methyl sites for hydroxylation is 1. The van der Waals surface area contributed by atoms with Crippen molar-refractivity contribution < 1.29 is 0 Å². The van der Waals surface area contributed by atoms with Gasteiger partial charge in [-0.15, -0.1) is 0 Å². The first-order valence-electron chi connectivity index (χ1n) is 5.64. The summed E-state index contributed by atoms with van der Waals surface area (Å²) in [6, 6.07) is 0.506. The third kappa shape index (κ3) is 3.06. The first-order valence-corrected chi connectivity index (χ1v) is 5.64. The second-order valence-electron chi connectivity index (χ2n) is 4.91. The van der Waals surface area contributed by atoms with Gasteiger partial charge in [-0.05, 0) is 30.9 Å². The highest BCUT2D eigenvalue weighted by Crippen LogP contribution is 2.26. The summed E-state index contributed by atoms with van der Waals surface area (Å²) in [7, 11) is 4.00. The molecule has 1 rings (SSSR count). The van der Waals surface area contributed by atoms with E-state index in [4.69, 9.17) is 0 Å². The van der Waals surface area contributed by atoms with Crippen LogP contribution in [0.25, 0.3) is 0 Å². The maximum atomic E-state index is 4.20. The summed E-state index contributed by atoms with van der Waals surface area (Å²) in [6.45, 7) is 6.86. The largest absolute Gasteiger partial charge is 0.316 e. The van der Waals surface area contributed by atoms with Crippen LogP contribution in [0.1, 0.15) is 32.8 Å². The van der Waals surface area contributed by atoms with Gasteiger partial charge in [0.05, 0.1) is 6.20 Å². The van der Waals surface area contributed by atoms with E-state index in [-0.39, 0.29) is 0 Å². The molecule has 1 unspecified atom stereocenters. The van der Waals surface area contributed by atoms with Crippen molar-refractivity contribution in [3.05, 3.63) is 18.0 Å². The van der Waals surface area contributed by atoms with Crippen LogP contribution in [0.2, 0.25) is 0 Å². The molecule has 0 aromatic carbocycles. The minimum absolute atomic E-state index is 0.324. The van der Waals surface area contributed by atoms with Crippen LogP contribution in [0.4, 0.5) is 0 Å². The molecule has 1 heterocycles. The molecule has 1 aromatic rings. The number of nitrogens with one attached hydrogen (secondary N) is 1. The van der Waals surface area contributed by atoms with Gasteiger partial charge in [-0.1, -0.05) is 20.8 Å². The molecule has 0 spiro atoms. The lowest BCUT2D eigenvalue weighted by atomic mass is 9.79. The minimum atomic E-state index is 0.324. The molecular formula is C12H23N3. The van der Waals surface area contributed by atoms with Crippen LogP contribution in [0, 0.1) is 5.41 Å². The van der Waals surface area contributed by atoms with E-state index in [0.717, 1.165) is 6.42 Å². The van der Waals surface area contributed by atoms with Crippen molar-refractivity contribution >= 4 is 0 Å². The van der Waals surface area contributed by atoms with Crippen LogP contribution in [-0.2, 0) is 13.5 Å². The van der Waals surface area contributed by atoms with Gasteiger partial charge in [-0.25, -0.2) is 0 Å². The Morgan fingerprint density at radius 1 is 1.53 bits per heavy atom. The molecule has 86 valence electrons. The van der Waals surface area contributed by atoms with Crippen LogP contribution < -0.4 is 5.32 Å². The van der Waals surface area contributed by atoms with E-state index in [0.29, 0.717) is 11.5 Å². The van der Waals surface area contributed by atoms with Crippen molar-refractivity contribution in [2.75, 3.05) is 7.05 Å². The Morgan fingerprint density at radius 2 is 2.20 bits per heavy atom. The first kappa shape index (κ1) is 12.2. The van der Waals surface area contributed by atoms with Crippen LogP contribution >= 0.6 is 0 Å². The molecule has 1 N–H and O–H groups in total. The standard InChI is InChI=1S/C12H23N3/c1-6-12(2,3)11(13-4)7-10-8-14-15(5)9-10/h8-9,11,13H,6-7H2,1-5H3. The third-order valence-corrected chi connectivity index (χ3v) is 3.40. The van der Waals surface area contributed by atoms with E-state index < -0.39 is 0 Å². The van der Waals surface area contributed by atoms with Gasteiger partial charge < -0.3 is 5.32 Å². The lowest BCUT2D eigenvalue weighted by Gasteiger charge is -2.33. The molecule has 0 aliphatic carbocycles. The van der Waals surface area contributed by atoms with Crippen molar-refractivity contribution in [2.45, 2.75) is 39.7 Å². The fraction of sp³-hybridized carbons (Fsp3) is 0.750. The lowest BCUT2D eigenvalue weighted by Crippen LogP contribution is -2.41. The first-order chi connectivity index (χ1) is 6.99. The zero-order valence-corrected chi connectivity index (χ0v) is 10.5. The smallest absolute Gasteiger partial charge is 0.0522 e. The number of nitrogens with zero attached hydrogens (tertiary/aromatic N) is 2. The maximum Gasteiger partial charge on any atom is 0.0522 e. The average molecular weight is 209 g/mol. The van der Waals surface area contributed by atoms with E-state index >= 15 is 0 Å². The molecule has 3 heteroatoms. The molecule has 0 radical (unpaired) electrons. The Balaban J connectivity index is 2.69. The molecule has 0 aliphatic rings. The summed E-state index contributed by atoms with van der Waals surface area (Å²) in [5.41, 5.74) is 1.63. The summed E-state index contributed by atoms with van der Waals surface area (Å²) in [4.78, 5) is 0. The Hall–Kier alpha value is -0.830. The van der Waals surface area contributed by atoms with Crippen molar-refractivity contribution in [1.29, 1.82) is 0 Å². The fourth-order valence-corrected chi connectivity index (χ4v) is 1.83. The van der Waals surface area contributed by atoms with Crippen LogP contribution in [0.5, 0.6) is 0 Å². The zero-order valence-electron chi connectivity index (χ0n) is 10.5. The van der Waals surface area contributed by atoms with Crippen LogP contribution in [-0.4, -0.2) is 22.9 Å².